The van der Waals surface area contributed by atoms with Crippen molar-refractivity contribution in [1.82, 2.24) is 5.32 Å². The number of hydrogen-bond donors (Lipinski definition) is 2. The van der Waals surface area contributed by atoms with Crippen molar-refractivity contribution in [2.75, 3.05) is 18.5 Å². The number of carbonyl (C=O) groups is 4. The maximum Gasteiger partial charge on any atom is 0.325 e. The number of halogens is 1. The van der Waals surface area contributed by atoms with Crippen molar-refractivity contribution in [3.05, 3.63) is 65.5 Å². The highest BCUT2D eigenvalue weighted by molar-refractivity contribution is 5.99. The van der Waals surface area contributed by atoms with Crippen LogP contribution in [0.2, 0.25) is 0 Å². The van der Waals surface area contributed by atoms with Crippen LogP contribution in [0.5, 0.6) is 0 Å². The van der Waals surface area contributed by atoms with Gasteiger partial charge in [0.1, 0.15) is 12.4 Å². The lowest BCUT2D eigenvalue weighted by atomic mass is 10.1. The molecule has 0 saturated heterocycles. The zero-order valence-corrected chi connectivity index (χ0v) is 15.2. The fraction of sp³-hybridized carbons (Fsp3) is 0.200. The second-order valence-electron chi connectivity index (χ2n) is 5.75. The van der Waals surface area contributed by atoms with Crippen LogP contribution in [0.4, 0.5) is 10.1 Å². The Labute approximate surface area is 160 Å². The second-order valence-corrected chi connectivity index (χ2v) is 5.75. The molecule has 2 N–H and O–H groups in total. The first-order valence-corrected chi connectivity index (χ1v) is 8.51. The summed E-state index contributed by atoms with van der Waals surface area (Å²) in [6, 6.07) is 11.0. The second kappa shape index (κ2) is 9.96. The summed E-state index contributed by atoms with van der Waals surface area (Å²) in [4.78, 5) is 46.8. The van der Waals surface area contributed by atoms with Crippen LogP contribution in [0.15, 0.2) is 48.5 Å². The monoisotopic (exact) mass is 386 g/mol. The summed E-state index contributed by atoms with van der Waals surface area (Å²) in [7, 11) is 0. The van der Waals surface area contributed by atoms with E-state index in [1.807, 2.05) is 0 Å². The van der Waals surface area contributed by atoms with Gasteiger partial charge in [0.2, 0.25) is 5.91 Å². The topological polar surface area (TPSA) is 102 Å². The summed E-state index contributed by atoms with van der Waals surface area (Å²) >= 11 is 0. The predicted octanol–water partition coefficient (Wildman–Crippen LogP) is 2.33. The van der Waals surface area contributed by atoms with Gasteiger partial charge in [0.25, 0.3) is 5.91 Å². The molecule has 2 aromatic rings. The Morgan fingerprint density at radius 3 is 2.14 bits per heavy atom. The molecule has 0 aromatic heterocycles. The third kappa shape index (κ3) is 6.31. The molecule has 146 valence electrons. The van der Waals surface area contributed by atoms with Gasteiger partial charge in [-0.15, -0.1) is 0 Å². The van der Waals surface area contributed by atoms with E-state index in [0.717, 1.165) is 12.1 Å². The van der Waals surface area contributed by atoms with Crippen LogP contribution >= 0.6 is 0 Å². The number of Topliss-reactive ketones (excluding diaryl/α,β-unsaturated/α-hetero) is 1. The zero-order valence-electron chi connectivity index (χ0n) is 15.2. The van der Waals surface area contributed by atoms with Crippen molar-refractivity contribution >= 4 is 29.3 Å². The number of benzene rings is 2. The molecule has 8 heteroatoms. The third-order valence-electron chi connectivity index (χ3n) is 3.68. The molecular formula is C20H19FN2O5. The van der Waals surface area contributed by atoms with Crippen LogP contribution in [0.25, 0.3) is 0 Å². The minimum Gasteiger partial charge on any atom is -0.456 e. The SMILES string of the molecule is CCC(=O)Nc1ccc(C(=O)COC(=O)CNC(=O)c2ccc(F)cc2)cc1. The average molecular weight is 386 g/mol. The van der Waals surface area contributed by atoms with Crippen LogP contribution < -0.4 is 10.6 Å². The maximum atomic E-state index is 12.8. The van der Waals surface area contributed by atoms with Gasteiger partial charge in [-0.1, -0.05) is 6.92 Å². The molecule has 7 nitrogen and oxygen atoms in total. The predicted molar refractivity (Wildman–Crippen MR) is 99.4 cm³/mol. The van der Waals surface area contributed by atoms with Crippen molar-refractivity contribution in [3.63, 3.8) is 0 Å². The lowest BCUT2D eigenvalue weighted by Gasteiger charge is -2.07. The molecule has 0 unspecified atom stereocenters. The Morgan fingerprint density at radius 1 is 0.929 bits per heavy atom. The number of amides is 2. The fourth-order valence-corrected chi connectivity index (χ4v) is 2.13. The van der Waals surface area contributed by atoms with Crippen molar-refractivity contribution in [2.45, 2.75) is 13.3 Å². The van der Waals surface area contributed by atoms with E-state index < -0.39 is 36.6 Å². The molecule has 0 radical (unpaired) electrons. The van der Waals surface area contributed by atoms with E-state index in [4.69, 9.17) is 4.74 Å². The Balaban J connectivity index is 1.77. The molecule has 0 aliphatic carbocycles. The third-order valence-corrected chi connectivity index (χ3v) is 3.68. The smallest absolute Gasteiger partial charge is 0.325 e. The van der Waals surface area contributed by atoms with E-state index in [-0.39, 0.29) is 11.5 Å². The first-order valence-electron chi connectivity index (χ1n) is 8.51. The molecule has 0 atom stereocenters. The number of esters is 1. The van der Waals surface area contributed by atoms with Gasteiger partial charge in [-0.25, -0.2) is 4.39 Å². The summed E-state index contributed by atoms with van der Waals surface area (Å²) in [6.45, 7) is 0.820. The number of nitrogens with one attached hydrogen (secondary N) is 2. The van der Waals surface area contributed by atoms with Gasteiger partial charge in [0.05, 0.1) is 0 Å². The highest BCUT2D eigenvalue weighted by atomic mass is 19.1. The van der Waals surface area contributed by atoms with Gasteiger partial charge in [0, 0.05) is 23.2 Å². The normalized spacial score (nSPS) is 10.1. The van der Waals surface area contributed by atoms with Crippen LogP contribution in [0, 0.1) is 5.82 Å². The largest absolute Gasteiger partial charge is 0.456 e. The highest BCUT2D eigenvalue weighted by Gasteiger charge is 2.12. The molecule has 0 aliphatic heterocycles. The Morgan fingerprint density at radius 2 is 1.54 bits per heavy atom. The number of hydrogen-bond acceptors (Lipinski definition) is 5. The first kappa shape index (κ1) is 20.8. The summed E-state index contributed by atoms with van der Waals surface area (Å²) in [5.41, 5.74) is 1.07. The fourth-order valence-electron chi connectivity index (χ4n) is 2.13. The van der Waals surface area contributed by atoms with Gasteiger partial charge in [0.15, 0.2) is 12.4 Å². The molecule has 0 aliphatic rings. The minimum absolute atomic E-state index is 0.143. The quantitative estimate of drug-likeness (QED) is 0.536. The molecule has 2 amide bonds. The molecule has 2 rings (SSSR count). The Bertz CT molecular complexity index is 863. The summed E-state index contributed by atoms with van der Waals surface area (Å²) < 4.78 is 17.7. The van der Waals surface area contributed by atoms with E-state index in [1.165, 1.54) is 24.3 Å². The van der Waals surface area contributed by atoms with Gasteiger partial charge >= 0.3 is 5.97 Å². The lowest BCUT2D eigenvalue weighted by molar-refractivity contribution is -0.141. The molecule has 0 bridgehead atoms. The van der Waals surface area contributed by atoms with Crippen molar-refractivity contribution < 1.29 is 28.3 Å². The Kier molecular flexibility index (Phi) is 7.38. The van der Waals surface area contributed by atoms with E-state index in [2.05, 4.69) is 10.6 Å². The van der Waals surface area contributed by atoms with Gasteiger partial charge in [-0.05, 0) is 48.5 Å². The van der Waals surface area contributed by atoms with E-state index in [0.29, 0.717) is 17.7 Å². The number of ether oxygens (including phenoxy) is 1. The average Bonchev–Trinajstić information content (AvgIpc) is 2.71. The number of ketones is 1. The zero-order chi connectivity index (χ0) is 20.5. The standard InChI is InChI=1S/C20H19FN2O5/c1-2-18(25)23-16-9-5-13(6-10-16)17(24)12-28-19(26)11-22-20(27)14-3-7-15(21)8-4-14/h3-10H,2,11-12H2,1H3,(H,22,27)(H,23,25). The number of carbonyl (C=O) groups excluding carboxylic acids is 4. The van der Waals surface area contributed by atoms with Crippen molar-refractivity contribution in [3.8, 4) is 0 Å². The van der Waals surface area contributed by atoms with E-state index in [9.17, 15) is 23.6 Å². The summed E-state index contributed by atoms with van der Waals surface area (Å²) in [6.07, 6.45) is 0.342. The molecular weight excluding hydrogens is 367 g/mol. The van der Waals surface area contributed by atoms with Gasteiger partial charge in [-0.2, -0.15) is 0 Å². The maximum absolute atomic E-state index is 12.8. The summed E-state index contributed by atoms with van der Waals surface area (Å²) in [5.74, 6) is -2.39. The van der Waals surface area contributed by atoms with Crippen molar-refractivity contribution in [2.24, 2.45) is 0 Å². The van der Waals surface area contributed by atoms with Gasteiger partial charge in [-0.3, -0.25) is 19.2 Å². The Hall–Kier alpha value is -3.55. The van der Waals surface area contributed by atoms with Crippen LogP contribution in [0.3, 0.4) is 0 Å². The lowest BCUT2D eigenvalue weighted by Crippen LogP contribution is -2.31. The van der Waals surface area contributed by atoms with Crippen LogP contribution in [-0.4, -0.2) is 36.7 Å². The molecule has 0 heterocycles. The number of rotatable bonds is 8. The minimum atomic E-state index is -0.782. The highest BCUT2D eigenvalue weighted by Crippen LogP contribution is 2.10. The summed E-state index contributed by atoms with van der Waals surface area (Å²) in [5, 5.41) is 4.98. The molecule has 0 fully saturated rings. The van der Waals surface area contributed by atoms with Crippen molar-refractivity contribution in [1.29, 1.82) is 0 Å². The first-order chi connectivity index (χ1) is 13.4. The van der Waals surface area contributed by atoms with Crippen LogP contribution in [-0.2, 0) is 14.3 Å². The molecule has 2 aromatic carbocycles. The molecule has 0 spiro atoms. The van der Waals surface area contributed by atoms with E-state index >= 15 is 0 Å². The number of anilines is 1. The molecule has 28 heavy (non-hydrogen) atoms. The van der Waals surface area contributed by atoms with Crippen LogP contribution in [0.1, 0.15) is 34.1 Å². The van der Waals surface area contributed by atoms with E-state index in [1.54, 1.807) is 19.1 Å². The molecule has 0 saturated carbocycles. The van der Waals surface area contributed by atoms with Gasteiger partial charge < -0.3 is 15.4 Å².